The summed E-state index contributed by atoms with van der Waals surface area (Å²) in [6.45, 7) is 2.09. The number of aryl methyl sites for hydroxylation is 1. The number of nitrogens with one attached hydrogen (secondary N) is 1. The number of halogens is 2. The molecule has 26 heavy (non-hydrogen) atoms. The first-order chi connectivity index (χ1) is 12.3. The molecule has 8 heteroatoms. The third-order valence-electron chi connectivity index (χ3n) is 3.67. The van der Waals surface area contributed by atoms with Crippen LogP contribution in [0.2, 0.25) is 0 Å². The average molecular weight is 394 g/mol. The van der Waals surface area contributed by atoms with Crippen molar-refractivity contribution in [3.8, 4) is 10.6 Å². The van der Waals surface area contributed by atoms with Gasteiger partial charge in [0.1, 0.15) is 16.6 Å². The van der Waals surface area contributed by atoms with Crippen molar-refractivity contribution >= 4 is 21.4 Å². The lowest BCUT2D eigenvalue weighted by atomic mass is 10.2. The standard InChI is InChI=1S/C18H16F2N2O2S2/c1-12-2-4-13(5-3-12)18-22-16(11-25-18)6-7-21-26(23,24)17-9-14(19)8-15(20)10-17/h2-5,8-11,21H,6-7H2,1H3. The smallest absolute Gasteiger partial charge is 0.240 e. The summed E-state index contributed by atoms with van der Waals surface area (Å²) in [5.41, 5.74) is 2.91. The van der Waals surface area contributed by atoms with Crippen LogP contribution in [0.15, 0.2) is 52.7 Å². The summed E-state index contributed by atoms with van der Waals surface area (Å²) in [6, 6.07) is 10.2. The van der Waals surface area contributed by atoms with Gasteiger partial charge in [-0.05, 0) is 19.1 Å². The summed E-state index contributed by atoms with van der Waals surface area (Å²) in [5.74, 6) is -1.87. The number of hydrogen-bond acceptors (Lipinski definition) is 4. The Kier molecular flexibility index (Phi) is 5.45. The number of sulfonamides is 1. The van der Waals surface area contributed by atoms with E-state index in [0.717, 1.165) is 34.0 Å². The molecule has 0 aliphatic carbocycles. The minimum absolute atomic E-state index is 0.0809. The van der Waals surface area contributed by atoms with Gasteiger partial charge in [-0.25, -0.2) is 26.9 Å². The van der Waals surface area contributed by atoms with Gasteiger partial charge >= 0.3 is 0 Å². The zero-order chi connectivity index (χ0) is 18.7. The van der Waals surface area contributed by atoms with Gasteiger partial charge in [0.15, 0.2) is 0 Å². The Balaban J connectivity index is 1.63. The van der Waals surface area contributed by atoms with Gasteiger partial charge in [0.05, 0.1) is 10.6 Å². The highest BCUT2D eigenvalue weighted by Crippen LogP contribution is 2.24. The Morgan fingerprint density at radius 3 is 2.38 bits per heavy atom. The molecule has 1 heterocycles. The van der Waals surface area contributed by atoms with Crippen molar-refractivity contribution in [2.75, 3.05) is 6.54 Å². The highest BCUT2D eigenvalue weighted by Gasteiger charge is 2.16. The fourth-order valence-corrected chi connectivity index (χ4v) is 4.26. The number of nitrogens with zero attached hydrogens (tertiary/aromatic N) is 1. The van der Waals surface area contributed by atoms with Crippen LogP contribution in [-0.2, 0) is 16.4 Å². The quantitative estimate of drug-likeness (QED) is 0.689. The van der Waals surface area contributed by atoms with E-state index in [9.17, 15) is 17.2 Å². The summed E-state index contributed by atoms with van der Waals surface area (Å²) in [7, 11) is -3.98. The second-order valence-electron chi connectivity index (χ2n) is 5.76. The average Bonchev–Trinajstić information content (AvgIpc) is 3.03. The molecule has 0 unspecified atom stereocenters. The van der Waals surface area contributed by atoms with Crippen LogP contribution < -0.4 is 4.72 Å². The van der Waals surface area contributed by atoms with Gasteiger partial charge in [0.2, 0.25) is 10.0 Å². The van der Waals surface area contributed by atoms with Gasteiger partial charge in [-0.3, -0.25) is 0 Å². The van der Waals surface area contributed by atoms with Crippen molar-refractivity contribution < 1.29 is 17.2 Å². The van der Waals surface area contributed by atoms with E-state index in [-0.39, 0.29) is 6.54 Å². The highest BCUT2D eigenvalue weighted by molar-refractivity contribution is 7.89. The maximum absolute atomic E-state index is 13.2. The molecule has 1 N–H and O–H groups in total. The molecule has 3 rings (SSSR count). The number of rotatable bonds is 6. The van der Waals surface area contributed by atoms with Crippen LogP contribution in [0.1, 0.15) is 11.3 Å². The fourth-order valence-electron chi connectivity index (χ4n) is 2.33. The molecular weight excluding hydrogens is 378 g/mol. The molecule has 2 aromatic carbocycles. The van der Waals surface area contributed by atoms with Crippen molar-refractivity contribution in [3.63, 3.8) is 0 Å². The third-order valence-corrected chi connectivity index (χ3v) is 6.05. The number of benzene rings is 2. The lowest BCUT2D eigenvalue weighted by Crippen LogP contribution is -2.26. The summed E-state index contributed by atoms with van der Waals surface area (Å²) in [5, 5.41) is 2.72. The van der Waals surface area contributed by atoms with Gasteiger partial charge < -0.3 is 0 Å². The van der Waals surface area contributed by atoms with Crippen LogP contribution in [0, 0.1) is 18.6 Å². The van der Waals surface area contributed by atoms with E-state index < -0.39 is 26.6 Å². The molecule has 0 radical (unpaired) electrons. The zero-order valence-corrected chi connectivity index (χ0v) is 15.5. The Morgan fingerprint density at radius 2 is 1.73 bits per heavy atom. The second-order valence-corrected chi connectivity index (χ2v) is 8.39. The Morgan fingerprint density at radius 1 is 1.08 bits per heavy atom. The SMILES string of the molecule is Cc1ccc(-c2nc(CCNS(=O)(=O)c3cc(F)cc(F)c3)cs2)cc1. The van der Waals surface area contributed by atoms with E-state index >= 15 is 0 Å². The van der Waals surface area contributed by atoms with Gasteiger partial charge in [0, 0.05) is 30.0 Å². The third kappa shape index (κ3) is 4.51. The van der Waals surface area contributed by atoms with E-state index in [1.807, 2.05) is 36.6 Å². The molecule has 0 bridgehead atoms. The van der Waals surface area contributed by atoms with Crippen LogP contribution in [0.4, 0.5) is 8.78 Å². The van der Waals surface area contributed by atoms with Crippen molar-refractivity contribution in [1.82, 2.24) is 9.71 Å². The van der Waals surface area contributed by atoms with Crippen molar-refractivity contribution in [2.24, 2.45) is 0 Å². The molecule has 1 aromatic heterocycles. The predicted molar refractivity (Wildman–Crippen MR) is 97.5 cm³/mol. The Hall–Kier alpha value is -2.16. The molecule has 0 spiro atoms. The molecule has 4 nitrogen and oxygen atoms in total. The molecule has 0 aliphatic rings. The number of aromatic nitrogens is 1. The van der Waals surface area contributed by atoms with Crippen molar-refractivity contribution in [1.29, 1.82) is 0 Å². The van der Waals surface area contributed by atoms with E-state index in [4.69, 9.17) is 0 Å². The molecule has 136 valence electrons. The van der Waals surface area contributed by atoms with Crippen LogP contribution in [0.5, 0.6) is 0 Å². The number of thiazole rings is 1. The van der Waals surface area contributed by atoms with E-state index in [1.54, 1.807) is 0 Å². The summed E-state index contributed by atoms with van der Waals surface area (Å²) in [4.78, 5) is 4.06. The minimum atomic E-state index is -3.98. The molecule has 0 atom stereocenters. The molecule has 0 fully saturated rings. The van der Waals surface area contributed by atoms with Crippen molar-refractivity contribution in [2.45, 2.75) is 18.2 Å². The number of hydrogen-bond donors (Lipinski definition) is 1. The minimum Gasteiger partial charge on any atom is -0.241 e. The molecule has 3 aromatic rings. The van der Waals surface area contributed by atoms with Crippen LogP contribution >= 0.6 is 11.3 Å². The van der Waals surface area contributed by atoms with Gasteiger partial charge in [-0.2, -0.15) is 0 Å². The van der Waals surface area contributed by atoms with E-state index in [1.165, 1.54) is 11.3 Å². The first-order valence-electron chi connectivity index (χ1n) is 7.81. The molecule has 0 saturated heterocycles. The zero-order valence-electron chi connectivity index (χ0n) is 13.9. The maximum Gasteiger partial charge on any atom is 0.240 e. The van der Waals surface area contributed by atoms with Gasteiger partial charge in [-0.15, -0.1) is 11.3 Å². The summed E-state index contributed by atoms with van der Waals surface area (Å²) in [6.07, 6.45) is 0.374. The monoisotopic (exact) mass is 394 g/mol. The van der Waals surface area contributed by atoms with Gasteiger partial charge in [0.25, 0.3) is 0 Å². The summed E-state index contributed by atoms with van der Waals surface area (Å²) < 4.78 is 53.0. The van der Waals surface area contributed by atoms with Crippen LogP contribution in [0.3, 0.4) is 0 Å². The predicted octanol–water partition coefficient (Wildman–Crippen LogP) is 3.92. The van der Waals surface area contributed by atoms with Crippen molar-refractivity contribution in [3.05, 3.63) is 70.7 Å². The van der Waals surface area contributed by atoms with Crippen LogP contribution in [-0.4, -0.2) is 19.9 Å². The maximum atomic E-state index is 13.2. The van der Waals surface area contributed by atoms with Crippen LogP contribution in [0.25, 0.3) is 10.6 Å². The van der Waals surface area contributed by atoms with E-state index in [0.29, 0.717) is 12.5 Å². The first-order valence-corrected chi connectivity index (χ1v) is 10.2. The topological polar surface area (TPSA) is 59.1 Å². The molecule has 0 amide bonds. The van der Waals surface area contributed by atoms with Gasteiger partial charge in [-0.1, -0.05) is 29.8 Å². The molecule has 0 aliphatic heterocycles. The normalized spacial score (nSPS) is 11.7. The molecule has 0 saturated carbocycles. The lowest BCUT2D eigenvalue weighted by Gasteiger charge is -2.06. The summed E-state index contributed by atoms with van der Waals surface area (Å²) >= 11 is 1.48. The second kappa shape index (κ2) is 7.61. The van der Waals surface area contributed by atoms with E-state index in [2.05, 4.69) is 9.71 Å². The Labute approximate surface area is 154 Å². The highest BCUT2D eigenvalue weighted by atomic mass is 32.2. The Bertz CT molecular complexity index is 996. The lowest BCUT2D eigenvalue weighted by molar-refractivity contribution is 0.561. The fraction of sp³-hybridized carbons (Fsp3) is 0.167. The first kappa shape index (κ1) is 18.6. The molecular formula is C18H16F2N2O2S2. The largest absolute Gasteiger partial charge is 0.241 e.